The van der Waals surface area contributed by atoms with Crippen molar-refractivity contribution in [2.45, 2.75) is 6.18 Å². The summed E-state index contributed by atoms with van der Waals surface area (Å²) >= 11 is 5.58. The fourth-order valence-electron chi connectivity index (χ4n) is 2.72. The molecule has 0 unspecified atom stereocenters. The third-order valence-electron chi connectivity index (χ3n) is 4.24. The molecule has 0 fully saturated rings. The maximum absolute atomic E-state index is 13.0. The highest BCUT2D eigenvalue weighted by molar-refractivity contribution is 6.31. The molecule has 0 aliphatic carbocycles. The molecule has 1 heterocycles. The third-order valence-corrected chi connectivity index (χ3v) is 4.57. The number of benzene rings is 2. The first-order chi connectivity index (χ1) is 15.6. The Kier molecular flexibility index (Phi) is 6.92. The van der Waals surface area contributed by atoms with E-state index in [1.165, 1.54) is 37.4 Å². The van der Waals surface area contributed by atoms with Gasteiger partial charge in [0.2, 0.25) is 0 Å². The van der Waals surface area contributed by atoms with Gasteiger partial charge in [0.1, 0.15) is 5.75 Å². The van der Waals surface area contributed by atoms with E-state index in [4.69, 9.17) is 16.3 Å². The van der Waals surface area contributed by atoms with Crippen molar-refractivity contribution in [1.29, 1.82) is 0 Å². The zero-order chi connectivity index (χ0) is 24.2. The molecule has 12 heteroatoms. The number of pyridine rings is 1. The zero-order valence-corrected chi connectivity index (χ0v) is 17.6. The van der Waals surface area contributed by atoms with Crippen LogP contribution in [0.25, 0.3) is 0 Å². The number of carbonyl (C=O) groups is 2. The molecular weight excluding hydrogens is 465 g/mol. The third kappa shape index (κ3) is 5.83. The number of nitrogens with one attached hydrogen (secondary N) is 3. The van der Waals surface area contributed by atoms with Gasteiger partial charge in [-0.2, -0.15) is 17.9 Å². The first-order valence-corrected chi connectivity index (χ1v) is 9.63. The lowest BCUT2D eigenvalue weighted by atomic mass is 10.2. The van der Waals surface area contributed by atoms with Gasteiger partial charge < -0.3 is 25.9 Å². The van der Waals surface area contributed by atoms with Crippen LogP contribution in [0.3, 0.4) is 0 Å². The SMILES string of the molecule is CNC(=O)c1cc(Oc2ccccc2NC(=O)Nc2ccc(Cl)c(C(F)(F)F)c2)cc[n+]1[O-]. The normalized spacial score (nSPS) is 10.9. The van der Waals surface area contributed by atoms with Crippen LogP contribution in [0.15, 0.2) is 60.8 Å². The van der Waals surface area contributed by atoms with E-state index in [0.29, 0.717) is 10.8 Å². The molecule has 0 aliphatic rings. The second-order valence-electron chi connectivity index (χ2n) is 6.52. The van der Waals surface area contributed by atoms with E-state index in [1.807, 2.05) is 0 Å². The van der Waals surface area contributed by atoms with Crippen LogP contribution in [0, 0.1) is 5.21 Å². The molecule has 0 atom stereocenters. The Labute approximate surface area is 190 Å². The topological polar surface area (TPSA) is 106 Å². The highest BCUT2D eigenvalue weighted by Crippen LogP contribution is 2.36. The largest absolute Gasteiger partial charge is 0.618 e. The Bertz CT molecular complexity index is 1200. The standard InChI is InChI=1S/C21H16ClF3N4O4/c1-26-19(30)17-11-13(8-9-29(17)32)33-18-5-3-2-4-16(18)28-20(31)27-12-6-7-15(22)14(10-12)21(23,24)25/h2-11H,1H3,(H,26,30)(H2,27,28,31). The predicted octanol–water partition coefficient (Wildman–Crippen LogP) is 4.79. The predicted molar refractivity (Wildman–Crippen MR) is 114 cm³/mol. The van der Waals surface area contributed by atoms with Crippen LogP contribution in [0.5, 0.6) is 11.5 Å². The Morgan fingerprint density at radius 3 is 2.48 bits per heavy atom. The molecule has 3 aromatic rings. The lowest BCUT2D eigenvalue weighted by Crippen LogP contribution is -2.37. The second-order valence-corrected chi connectivity index (χ2v) is 6.93. The minimum absolute atomic E-state index is 0.124. The monoisotopic (exact) mass is 480 g/mol. The van der Waals surface area contributed by atoms with Gasteiger partial charge in [-0.1, -0.05) is 23.7 Å². The van der Waals surface area contributed by atoms with Crippen LogP contribution < -0.4 is 25.4 Å². The van der Waals surface area contributed by atoms with E-state index >= 15 is 0 Å². The van der Waals surface area contributed by atoms with Gasteiger partial charge in [0.05, 0.1) is 22.3 Å². The molecular formula is C21H16ClF3N4O4. The summed E-state index contributed by atoms with van der Waals surface area (Å²) in [5.41, 5.74) is -1.24. The van der Waals surface area contributed by atoms with Crippen molar-refractivity contribution in [3.63, 3.8) is 0 Å². The van der Waals surface area contributed by atoms with Crippen molar-refractivity contribution in [2.24, 2.45) is 0 Å². The van der Waals surface area contributed by atoms with Gasteiger partial charge in [0, 0.05) is 18.8 Å². The number of urea groups is 1. The average molecular weight is 481 g/mol. The number of hydrogen-bond acceptors (Lipinski definition) is 4. The molecule has 3 rings (SSSR count). The number of alkyl halides is 3. The van der Waals surface area contributed by atoms with E-state index in [0.717, 1.165) is 12.3 Å². The summed E-state index contributed by atoms with van der Waals surface area (Å²) in [7, 11) is 1.37. The van der Waals surface area contributed by atoms with Crippen molar-refractivity contribution in [3.8, 4) is 11.5 Å². The van der Waals surface area contributed by atoms with Crippen LogP contribution >= 0.6 is 11.6 Å². The minimum Gasteiger partial charge on any atom is -0.618 e. The number of ether oxygens (including phenoxy) is 1. The molecule has 0 saturated heterocycles. The van der Waals surface area contributed by atoms with E-state index in [9.17, 15) is 28.0 Å². The number of halogens is 4. The van der Waals surface area contributed by atoms with Crippen molar-refractivity contribution in [3.05, 3.63) is 82.3 Å². The fourth-order valence-corrected chi connectivity index (χ4v) is 2.94. The van der Waals surface area contributed by atoms with Gasteiger partial charge in [-0.15, -0.1) is 0 Å². The number of rotatable bonds is 5. The quantitative estimate of drug-likeness (QED) is 0.360. The van der Waals surface area contributed by atoms with E-state index < -0.39 is 28.7 Å². The Morgan fingerprint density at radius 1 is 1.06 bits per heavy atom. The smallest absolute Gasteiger partial charge is 0.417 e. The Hall–Kier alpha value is -3.99. The van der Waals surface area contributed by atoms with Crippen molar-refractivity contribution in [1.82, 2.24) is 5.32 Å². The van der Waals surface area contributed by atoms with Gasteiger partial charge in [-0.25, -0.2) is 4.79 Å². The Morgan fingerprint density at radius 2 is 1.79 bits per heavy atom. The molecule has 1 aromatic heterocycles. The molecule has 172 valence electrons. The average Bonchev–Trinajstić information content (AvgIpc) is 2.76. The number of para-hydroxylation sites is 2. The van der Waals surface area contributed by atoms with Crippen LogP contribution in [0.2, 0.25) is 5.02 Å². The maximum Gasteiger partial charge on any atom is 0.417 e. The molecule has 0 bridgehead atoms. The molecule has 0 aliphatic heterocycles. The summed E-state index contributed by atoms with van der Waals surface area (Å²) in [5, 5.41) is 18.4. The van der Waals surface area contributed by atoms with Crippen LogP contribution in [-0.2, 0) is 6.18 Å². The highest BCUT2D eigenvalue weighted by atomic mass is 35.5. The number of nitrogens with zero attached hydrogens (tertiary/aromatic N) is 1. The molecule has 3 amide bonds. The van der Waals surface area contributed by atoms with E-state index in [-0.39, 0.29) is 28.6 Å². The number of amides is 3. The zero-order valence-electron chi connectivity index (χ0n) is 16.9. The maximum atomic E-state index is 13.0. The lowest BCUT2D eigenvalue weighted by molar-refractivity contribution is -0.607. The van der Waals surface area contributed by atoms with Gasteiger partial charge in [-0.3, -0.25) is 4.79 Å². The first-order valence-electron chi connectivity index (χ1n) is 9.25. The molecule has 33 heavy (non-hydrogen) atoms. The van der Waals surface area contributed by atoms with Crippen molar-refractivity contribution in [2.75, 3.05) is 17.7 Å². The first kappa shape index (κ1) is 23.7. The van der Waals surface area contributed by atoms with Gasteiger partial charge in [0.25, 0.3) is 5.69 Å². The van der Waals surface area contributed by atoms with Crippen molar-refractivity contribution >= 4 is 34.9 Å². The minimum atomic E-state index is -4.68. The van der Waals surface area contributed by atoms with E-state index in [1.54, 1.807) is 12.1 Å². The molecule has 3 N–H and O–H groups in total. The van der Waals surface area contributed by atoms with Crippen LogP contribution in [-0.4, -0.2) is 19.0 Å². The van der Waals surface area contributed by atoms with Gasteiger partial charge in [0.15, 0.2) is 11.9 Å². The Balaban J connectivity index is 1.78. The lowest BCUT2D eigenvalue weighted by Gasteiger charge is -2.14. The van der Waals surface area contributed by atoms with Crippen molar-refractivity contribution < 1.29 is 32.2 Å². The number of carbonyl (C=O) groups excluding carboxylic acids is 2. The van der Waals surface area contributed by atoms with Gasteiger partial charge >= 0.3 is 18.1 Å². The fraction of sp³-hybridized carbons (Fsp3) is 0.0952. The summed E-state index contributed by atoms with van der Waals surface area (Å²) < 4.78 is 45.1. The van der Waals surface area contributed by atoms with Crippen LogP contribution in [0.4, 0.5) is 29.3 Å². The summed E-state index contributed by atoms with van der Waals surface area (Å²) in [6.45, 7) is 0. The highest BCUT2D eigenvalue weighted by Gasteiger charge is 2.33. The summed E-state index contributed by atoms with van der Waals surface area (Å²) in [6.07, 6.45) is -3.60. The summed E-state index contributed by atoms with van der Waals surface area (Å²) in [4.78, 5) is 24.2. The number of hydrogen-bond donors (Lipinski definition) is 3. The second kappa shape index (κ2) is 9.65. The molecule has 8 nitrogen and oxygen atoms in total. The van der Waals surface area contributed by atoms with Crippen LogP contribution in [0.1, 0.15) is 16.1 Å². The molecule has 0 saturated carbocycles. The molecule has 0 radical (unpaired) electrons. The number of anilines is 2. The van der Waals surface area contributed by atoms with Gasteiger partial charge in [-0.05, 0) is 30.3 Å². The van der Waals surface area contributed by atoms with E-state index in [2.05, 4.69) is 16.0 Å². The summed E-state index contributed by atoms with van der Waals surface area (Å²) in [5.74, 6) is -0.323. The molecule has 2 aromatic carbocycles. The summed E-state index contributed by atoms with van der Waals surface area (Å²) in [6, 6.07) is 10.9. The molecule has 0 spiro atoms. The number of aromatic nitrogens is 1.